The van der Waals surface area contributed by atoms with Gasteiger partial charge in [-0.1, -0.05) is 17.7 Å². The number of benzene rings is 3. The predicted octanol–water partition coefficient (Wildman–Crippen LogP) is 5.06. The van der Waals surface area contributed by atoms with Crippen LogP contribution in [0.15, 0.2) is 77.2 Å². The van der Waals surface area contributed by atoms with Crippen LogP contribution in [0.1, 0.15) is 28.8 Å². The van der Waals surface area contributed by atoms with Gasteiger partial charge < -0.3 is 14.1 Å². The van der Waals surface area contributed by atoms with Crippen molar-refractivity contribution in [3.63, 3.8) is 0 Å². The number of carbonyl (C=O) groups is 2. The van der Waals surface area contributed by atoms with Gasteiger partial charge >= 0.3 is 5.97 Å². The Morgan fingerprint density at radius 3 is 2.33 bits per heavy atom. The SMILES string of the molecule is Cc1cccc(-c2nnc(-c3ccc(C(=O)Oc4ccc(N5CCCC5=O)cc4)cc3)o2)c1. The summed E-state index contributed by atoms with van der Waals surface area (Å²) in [5, 5.41) is 8.24. The quantitative estimate of drug-likeness (QED) is 0.319. The van der Waals surface area contributed by atoms with Crippen molar-refractivity contribution in [2.45, 2.75) is 19.8 Å². The van der Waals surface area contributed by atoms with Gasteiger partial charge in [0.15, 0.2) is 0 Å². The van der Waals surface area contributed by atoms with E-state index in [1.807, 2.05) is 31.2 Å². The van der Waals surface area contributed by atoms with Crippen LogP contribution in [0.3, 0.4) is 0 Å². The molecule has 1 aliphatic heterocycles. The van der Waals surface area contributed by atoms with Crippen molar-refractivity contribution in [3.8, 4) is 28.7 Å². The first kappa shape index (κ1) is 20.6. The minimum Gasteiger partial charge on any atom is -0.423 e. The molecule has 4 aromatic rings. The van der Waals surface area contributed by atoms with Crippen molar-refractivity contribution in [1.29, 1.82) is 0 Å². The molecule has 2 heterocycles. The molecule has 0 saturated carbocycles. The van der Waals surface area contributed by atoms with Gasteiger partial charge in [-0.05, 0) is 74.0 Å². The smallest absolute Gasteiger partial charge is 0.343 e. The van der Waals surface area contributed by atoms with Crippen LogP contribution < -0.4 is 9.64 Å². The molecule has 1 aliphatic rings. The molecule has 7 heteroatoms. The highest BCUT2D eigenvalue weighted by molar-refractivity contribution is 5.95. The molecule has 1 amide bonds. The van der Waals surface area contributed by atoms with E-state index in [1.54, 1.807) is 53.4 Å². The molecule has 33 heavy (non-hydrogen) atoms. The third-order valence-electron chi connectivity index (χ3n) is 5.49. The van der Waals surface area contributed by atoms with Crippen LogP contribution >= 0.6 is 0 Å². The van der Waals surface area contributed by atoms with E-state index in [1.165, 1.54) is 0 Å². The first-order valence-electron chi connectivity index (χ1n) is 10.7. The van der Waals surface area contributed by atoms with Crippen LogP contribution in [0.2, 0.25) is 0 Å². The average molecular weight is 439 g/mol. The fourth-order valence-electron chi connectivity index (χ4n) is 3.76. The van der Waals surface area contributed by atoms with E-state index in [4.69, 9.17) is 9.15 Å². The van der Waals surface area contributed by atoms with Gasteiger partial charge in [-0.15, -0.1) is 10.2 Å². The van der Waals surface area contributed by atoms with Crippen molar-refractivity contribution in [3.05, 3.63) is 83.9 Å². The summed E-state index contributed by atoms with van der Waals surface area (Å²) in [7, 11) is 0. The first-order chi connectivity index (χ1) is 16.1. The highest BCUT2D eigenvalue weighted by Crippen LogP contribution is 2.26. The summed E-state index contributed by atoms with van der Waals surface area (Å²) in [5.74, 6) is 0.874. The Morgan fingerprint density at radius 1 is 0.939 bits per heavy atom. The van der Waals surface area contributed by atoms with E-state index in [2.05, 4.69) is 10.2 Å². The molecule has 164 valence electrons. The Kier molecular flexibility index (Phi) is 5.44. The molecule has 0 spiro atoms. The number of aromatic nitrogens is 2. The highest BCUT2D eigenvalue weighted by Gasteiger charge is 2.21. The van der Waals surface area contributed by atoms with Crippen molar-refractivity contribution < 1.29 is 18.7 Å². The van der Waals surface area contributed by atoms with Crippen LogP contribution in [-0.2, 0) is 4.79 Å². The number of nitrogens with zero attached hydrogens (tertiary/aromatic N) is 3. The van der Waals surface area contributed by atoms with Gasteiger partial charge in [-0.2, -0.15) is 0 Å². The Bertz CT molecular complexity index is 1310. The minimum atomic E-state index is -0.475. The summed E-state index contributed by atoms with van der Waals surface area (Å²) in [5.41, 5.74) is 3.88. The summed E-state index contributed by atoms with van der Waals surface area (Å²) in [6, 6.07) is 21.6. The lowest BCUT2D eigenvalue weighted by Crippen LogP contribution is -2.23. The van der Waals surface area contributed by atoms with E-state index in [0.29, 0.717) is 35.1 Å². The molecule has 0 N–H and O–H groups in total. The molecule has 0 radical (unpaired) electrons. The lowest BCUT2D eigenvalue weighted by molar-refractivity contribution is -0.117. The Balaban J connectivity index is 1.26. The Hall–Kier alpha value is -4.26. The molecular formula is C26H21N3O4. The minimum absolute atomic E-state index is 0.118. The topological polar surface area (TPSA) is 85.5 Å². The zero-order valence-electron chi connectivity index (χ0n) is 18.0. The van der Waals surface area contributed by atoms with Crippen LogP contribution in [0.4, 0.5) is 5.69 Å². The fourth-order valence-corrected chi connectivity index (χ4v) is 3.76. The lowest BCUT2D eigenvalue weighted by atomic mass is 10.1. The largest absolute Gasteiger partial charge is 0.423 e. The van der Waals surface area contributed by atoms with Crippen LogP contribution in [0, 0.1) is 6.92 Å². The number of carbonyl (C=O) groups excluding carboxylic acids is 2. The van der Waals surface area contributed by atoms with Crippen LogP contribution in [0.25, 0.3) is 22.9 Å². The van der Waals surface area contributed by atoms with E-state index >= 15 is 0 Å². The second-order valence-corrected chi connectivity index (χ2v) is 7.89. The number of rotatable bonds is 5. The van der Waals surface area contributed by atoms with Gasteiger partial charge in [0.2, 0.25) is 17.7 Å². The summed E-state index contributed by atoms with van der Waals surface area (Å²) in [6.45, 7) is 2.72. The van der Waals surface area contributed by atoms with E-state index in [9.17, 15) is 9.59 Å². The van der Waals surface area contributed by atoms with Crippen LogP contribution in [-0.4, -0.2) is 28.6 Å². The zero-order chi connectivity index (χ0) is 22.8. The van der Waals surface area contributed by atoms with E-state index < -0.39 is 5.97 Å². The second kappa shape index (κ2) is 8.70. The molecule has 7 nitrogen and oxygen atoms in total. The number of ether oxygens (including phenoxy) is 1. The van der Waals surface area contributed by atoms with E-state index in [0.717, 1.165) is 29.8 Å². The summed E-state index contributed by atoms with van der Waals surface area (Å²) in [6.07, 6.45) is 1.44. The van der Waals surface area contributed by atoms with Gasteiger partial charge in [-0.3, -0.25) is 4.79 Å². The molecule has 1 saturated heterocycles. The first-order valence-corrected chi connectivity index (χ1v) is 10.7. The van der Waals surface area contributed by atoms with Gasteiger partial charge in [0, 0.05) is 29.8 Å². The number of hydrogen-bond donors (Lipinski definition) is 0. The number of esters is 1. The molecule has 0 aliphatic carbocycles. The molecule has 0 atom stereocenters. The monoisotopic (exact) mass is 439 g/mol. The third kappa shape index (κ3) is 4.39. The number of amides is 1. The van der Waals surface area contributed by atoms with Gasteiger partial charge in [-0.25, -0.2) is 4.79 Å². The maximum absolute atomic E-state index is 12.5. The van der Waals surface area contributed by atoms with Gasteiger partial charge in [0.05, 0.1) is 5.56 Å². The maximum Gasteiger partial charge on any atom is 0.343 e. The zero-order valence-corrected chi connectivity index (χ0v) is 18.0. The maximum atomic E-state index is 12.5. The molecular weight excluding hydrogens is 418 g/mol. The van der Waals surface area contributed by atoms with Gasteiger partial charge in [0.25, 0.3) is 0 Å². The normalized spacial score (nSPS) is 13.4. The van der Waals surface area contributed by atoms with Crippen molar-refractivity contribution in [1.82, 2.24) is 10.2 Å². The Morgan fingerprint density at radius 2 is 1.67 bits per heavy atom. The fraction of sp³-hybridized carbons (Fsp3) is 0.154. The molecule has 5 rings (SSSR count). The van der Waals surface area contributed by atoms with E-state index in [-0.39, 0.29) is 5.91 Å². The third-order valence-corrected chi connectivity index (χ3v) is 5.49. The molecule has 0 unspecified atom stereocenters. The molecule has 1 aromatic heterocycles. The average Bonchev–Trinajstić information content (AvgIpc) is 3.49. The highest BCUT2D eigenvalue weighted by atomic mass is 16.5. The van der Waals surface area contributed by atoms with Crippen molar-refractivity contribution >= 4 is 17.6 Å². The summed E-state index contributed by atoms with van der Waals surface area (Å²) in [4.78, 5) is 26.1. The van der Waals surface area contributed by atoms with Crippen molar-refractivity contribution in [2.75, 3.05) is 11.4 Å². The second-order valence-electron chi connectivity index (χ2n) is 7.89. The Labute approximate surface area is 190 Å². The predicted molar refractivity (Wildman–Crippen MR) is 123 cm³/mol. The standard InChI is InChI=1S/C26H21N3O4/c1-17-4-2-5-20(16-17)25-28-27-24(33-25)18-7-9-19(10-8-18)26(31)32-22-13-11-21(12-14-22)29-15-3-6-23(29)30/h2,4-5,7-14,16H,3,6,15H2,1H3. The summed E-state index contributed by atoms with van der Waals surface area (Å²) < 4.78 is 11.3. The summed E-state index contributed by atoms with van der Waals surface area (Å²) >= 11 is 0. The molecule has 1 fully saturated rings. The van der Waals surface area contributed by atoms with Gasteiger partial charge in [0.1, 0.15) is 5.75 Å². The lowest BCUT2D eigenvalue weighted by Gasteiger charge is -2.15. The number of aryl methyl sites for hydroxylation is 1. The van der Waals surface area contributed by atoms with Crippen molar-refractivity contribution in [2.24, 2.45) is 0 Å². The van der Waals surface area contributed by atoms with Crippen LogP contribution in [0.5, 0.6) is 5.75 Å². The number of anilines is 1. The molecule has 3 aromatic carbocycles. The number of hydrogen-bond acceptors (Lipinski definition) is 6. The molecule has 0 bridgehead atoms.